The summed E-state index contributed by atoms with van der Waals surface area (Å²) < 4.78 is 5.32. The highest BCUT2D eigenvalue weighted by atomic mass is 79.9. The van der Waals surface area contributed by atoms with E-state index in [1.807, 2.05) is 0 Å². The van der Waals surface area contributed by atoms with E-state index in [0.717, 1.165) is 18.5 Å². The lowest BCUT2D eigenvalue weighted by Gasteiger charge is -2.10. The lowest BCUT2D eigenvalue weighted by molar-refractivity contribution is 0.191. The minimum absolute atomic E-state index is 0.657. The minimum Gasteiger partial charge on any atom is -0.381 e. The van der Waals surface area contributed by atoms with E-state index >= 15 is 0 Å². The van der Waals surface area contributed by atoms with Crippen molar-refractivity contribution in [3.05, 3.63) is 11.6 Å². The van der Waals surface area contributed by atoms with Crippen LogP contribution in [0, 0.1) is 11.8 Å². The second-order valence-electron chi connectivity index (χ2n) is 3.65. The molecule has 1 nitrogen and oxygen atoms in total. The molecule has 0 aromatic rings. The molecular weight excluding hydrogens is 216 g/mol. The summed E-state index contributed by atoms with van der Waals surface area (Å²) in [5.74, 6) is 1.32. The van der Waals surface area contributed by atoms with Gasteiger partial charge in [-0.05, 0) is 12.3 Å². The van der Waals surface area contributed by atoms with Gasteiger partial charge in [-0.15, -0.1) is 0 Å². The zero-order valence-electron chi connectivity index (χ0n) is 7.85. The topological polar surface area (TPSA) is 9.23 Å². The van der Waals surface area contributed by atoms with Gasteiger partial charge in [0.25, 0.3) is 0 Å². The summed E-state index contributed by atoms with van der Waals surface area (Å²) >= 11 is 3.51. The summed E-state index contributed by atoms with van der Waals surface area (Å²) in [5.41, 5.74) is 1.51. The van der Waals surface area contributed by atoms with Gasteiger partial charge in [0, 0.05) is 17.9 Å². The summed E-state index contributed by atoms with van der Waals surface area (Å²) in [6.07, 6.45) is 3.58. The molecule has 1 heterocycles. The first kappa shape index (κ1) is 10.3. The van der Waals surface area contributed by atoms with E-state index < -0.39 is 0 Å². The van der Waals surface area contributed by atoms with Gasteiger partial charge in [-0.2, -0.15) is 0 Å². The minimum atomic E-state index is 0.657. The molecule has 70 valence electrons. The van der Waals surface area contributed by atoms with Crippen LogP contribution < -0.4 is 0 Å². The number of allylic oxidation sites excluding steroid dienone is 1. The third kappa shape index (κ3) is 2.91. The molecule has 1 atom stereocenters. The lowest BCUT2D eigenvalue weighted by Crippen LogP contribution is -2.01. The Morgan fingerprint density at radius 3 is 2.83 bits per heavy atom. The van der Waals surface area contributed by atoms with Crippen LogP contribution in [-0.2, 0) is 4.74 Å². The molecule has 1 fully saturated rings. The van der Waals surface area contributed by atoms with Crippen LogP contribution in [0.25, 0.3) is 0 Å². The van der Waals surface area contributed by atoms with Crippen LogP contribution in [0.4, 0.5) is 0 Å². The fourth-order valence-corrected chi connectivity index (χ4v) is 2.21. The first-order valence-corrected chi connectivity index (χ1v) is 5.70. The van der Waals surface area contributed by atoms with E-state index in [2.05, 4.69) is 35.9 Å². The Bertz CT molecular complexity index is 157. The fourth-order valence-electron chi connectivity index (χ4n) is 1.38. The van der Waals surface area contributed by atoms with Crippen molar-refractivity contribution in [2.24, 2.45) is 11.8 Å². The van der Waals surface area contributed by atoms with E-state index in [-0.39, 0.29) is 0 Å². The van der Waals surface area contributed by atoms with Crippen molar-refractivity contribution < 1.29 is 4.74 Å². The van der Waals surface area contributed by atoms with E-state index in [1.54, 1.807) is 0 Å². The second kappa shape index (κ2) is 5.03. The molecule has 12 heavy (non-hydrogen) atoms. The van der Waals surface area contributed by atoms with E-state index in [4.69, 9.17) is 4.74 Å². The Hall–Kier alpha value is 0.180. The molecule has 0 spiro atoms. The smallest absolute Gasteiger partial charge is 0.0529 e. The highest BCUT2D eigenvalue weighted by Crippen LogP contribution is 2.20. The quantitative estimate of drug-likeness (QED) is 0.537. The second-order valence-corrected chi connectivity index (χ2v) is 4.21. The Balaban J connectivity index is 2.50. The maximum atomic E-state index is 5.32. The van der Waals surface area contributed by atoms with Crippen LogP contribution in [0.15, 0.2) is 11.6 Å². The SMILES string of the molecule is CC(C)/C(=C\C1CCOC1)CBr. The Kier molecular flexibility index (Phi) is 4.30. The largest absolute Gasteiger partial charge is 0.381 e. The summed E-state index contributed by atoms with van der Waals surface area (Å²) in [6, 6.07) is 0. The van der Waals surface area contributed by atoms with Gasteiger partial charge in [0.05, 0.1) is 6.61 Å². The van der Waals surface area contributed by atoms with Gasteiger partial charge in [0.2, 0.25) is 0 Å². The summed E-state index contributed by atoms with van der Waals surface area (Å²) in [4.78, 5) is 0. The Morgan fingerprint density at radius 1 is 1.67 bits per heavy atom. The zero-order chi connectivity index (χ0) is 8.97. The molecular formula is C10H17BrO. The molecule has 1 unspecified atom stereocenters. The highest BCUT2D eigenvalue weighted by molar-refractivity contribution is 9.09. The third-order valence-corrected chi connectivity index (χ3v) is 2.96. The number of alkyl halides is 1. The highest BCUT2D eigenvalue weighted by Gasteiger charge is 2.14. The number of halogens is 1. The van der Waals surface area contributed by atoms with Gasteiger partial charge in [0.1, 0.15) is 0 Å². The Morgan fingerprint density at radius 2 is 2.42 bits per heavy atom. The van der Waals surface area contributed by atoms with Crippen molar-refractivity contribution >= 4 is 15.9 Å². The molecule has 0 N–H and O–H groups in total. The van der Waals surface area contributed by atoms with Gasteiger partial charge in [0.15, 0.2) is 0 Å². The monoisotopic (exact) mass is 232 g/mol. The summed E-state index contributed by atoms with van der Waals surface area (Å²) in [6.45, 7) is 6.34. The average molecular weight is 233 g/mol. The maximum Gasteiger partial charge on any atom is 0.0529 e. The molecule has 2 heteroatoms. The van der Waals surface area contributed by atoms with E-state index in [0.29, 0.717) is 11.8 Å². The van der Waals surface area contributed by atoms with Crippen molar-refractivity contribution in [2.45, 2.75) is 20.3 Å². The van der Waals surface area contributed by atoms with Crippen LogP contribution in [0.3, 0.4) is 0 Å². The molecule has 0 radical (unpaired) electrons. The summed E-state index contributed by atoms with van der Waals surface area (Å²) in [5, 5.41) is 1.00. The average Bonchev–Trinajstić information content (AvgIpc) is 2.51. The van der Waals surface area contributed by atoms with Gasteiger partial charge in [-0.1, -0.05) is 41.4 Å². The third-order valence-electron chi connectivity index (χ3n) is 2.31. The number of ether oxygens (including phenoxy) is 1. The first-order chi connectivity index (χ1) is 5.74. The molecule has 0 amide bonds. The molecule has 1 aliphatic rings. The van der Waals surface area contributed by atoms with Gasteiger partial charge in [-0.25, -0.2) is 0 Å². The van der Waals surface area contributed by atoms with Crippen LogP contribution in [0.2, 0.25) is 0 Å². The van der Waals surface area contributed by atoms with Crippen molar-refractivity contribution in [3.8, 4) is 0 Å². The predicted molar refractivity (Wildman–Crippen MR) is 55.6 cm³/mol. The Labute approximate surface area is 83.3 Å². The predicted octanol–water partition coefficient (Wildman–Crippen LogP) is 3.00. The zero-order valence-corrected chi connectivity index (χ0v) is 9.43. The fraction of sp³-hybridized carbons (Fsp3) is 0.800. The first-order valence-electron chi connectivity index (χ1n) is 4.58. The molecule has 1 aliphatic heterocycles. The molecule has 0 aliphatic carbocycles. The number of rotatable bonds is 3. The van der Waals surface area contributed by atoms with Crippen molar-refractivity contribution in [1.82, 2.24) is 0 Å². The molecule has 1 rings (SSSR count). The molecule has 0 saturated carbocycles. The van der Waals surface area contributed by atoms with Crippen LogP contribution in [-0.4, -0.2) is 18.5 Å². The standard InChI is InChI=1S/C10H17BrO/c1-8(2)10(6-11)5-9-3-4-12-7-9/h5,8-9H,3-4,6-7H2,1-2H3/b10-5-. The van der Waals surface area contributed by atoms with E-state index in [1.165, 1.54) is 12.0 Å². The van der Waals surface area contributed by atoms with Gasteiger partial charge < -0.3 is 4.74 Å². The van der Waals surface area contributed by atoms with E-state index in [9.17, 15) is 0 Å². The van der Waals surface area contributed by atoms with Gasteiger partial charge in [-0.3, -0.25) is 0 Å². The normalized spacial score (nSPS) is 25.3. The molecule has 0 aromatic carbocycles. The van der Waals surface area contributed by atoms with Crippen molar-refractivity contribution in [2.75, 3.05) is 18.5 Å². The molecule has 0 bridgehead atoms. The molecule has 1 saturated heterocycles. The van der Waals surface area contributed by atoms with Crippen LogP contribution >= 0.6 is 15.9 Å². The van der Waals surface area contributed by atoms with Crippen LogP contribution in [0.5, 0.6) is 0 Å². The molecule has 0 aromatic heterocycles. The lowest BCUT2D eigenvalue weighted by atomic mass is 9.99. The van der Waals surface area contributed by atoms with Crippen molar-refractivity contribution in [3.63, 3.8) is 0 Å². The van der Waals surface area contributed by atoms with Crippen LogP contribution in [0.1, 0.15) is 20.3 Å². The summed E-state index contributed by atoms with van der Waals surface area (Å²) in [7, 11) is 0. The number of hydrogen-bond acceptors (Lipinski definition) is 1. The maximum absolute atomic E-state index is 5.32. The van der Waals surface area contributed by atoms with Crippen molar-refractivity contribution in [1.29, 1.82) is 0 Å². The van der Waals surface area contributed by atoms with Gasteiger partial charge >= 0.3 is 0 Å². The number of hydrogen-bond donors (Lipinski definition) is 0.